The van der Waals surface area contributed by atoms with E-state index < -0.39 is 0 Å². The van der Waals surface area contributed by atoms with Crippen molar-refractivity contribution in [2.45, 2.75) is 39.5 Å². The van der Waals surface area contributed by atoms with Gasteiger partial charge in [0, 0.05) is 19.6 Å². The second kappa shape index (κ2) is 7.99. The summed E-state index contributed by atoms with van der Waals surface area (Å²) in [6, 6.07) is 0. The van der Waals surface area contributed by atoms with Crippen LogP contribution in [0, 0.1) is 5.92 Å². The second-order valence-corrected chi connectivity index (χ2v) is 6.29. The summed E-state index contributed by atoms with van der Waals surface area (Å²) in [5.41, 5.74) is 0. The van der Waals surface area contributed by atoms with Gasteiger partial charge in [-0.05, 0) is 71.6 Å². The topological polar surface area (TPSA) is 26.8 Å². The Morgan fingerprint density at radius 1 is 1.00 bits per heavy atom. The van der Waals surface area contributed by atoms with Gasteiger partial charge in [0.05, 0.1) is 6.54 Å². The summed E-state index contributed by atoms with van der Waals surface area (Å²) in [6.07, 6.45) is 5.30. The molecule has 0 aromatic heterocycles. The van der Waals surface area contributed by atoms with Crippen LogP contribution in [0.5, 0.6) is 0 Å². The van der Waals surface area contributed by atoms with Crippen molar-refractivity contribution in [2.24, 2.45) is 5.92 Å². The zero-order chi connectivity index (χ0) is 14.4. The first-order valence-corrected chi connectivity index (χ1v) is 8.45. The maximum absolute atomic E-state index is 12.1. The minimum atomic E-state index is 0.299. The molecule has 116 valence electrons. The number of rotatable bonds is 6. The quantitative estimate of drug-likeness (QED) is 0.741. The van der Waals surface area contributed by atoms with Crippen LogP contribution < -0.4 is 0 Å². The van der Waals surface area contributed by atoms with Gasteiger partial charge in [0.1, 0.15) is 0 Å². The molecular weight excluding hydrogens is 250 g/mol. The number of piperidine rings is 1. The van der Waals surface area contributed by atoms with E-state index in [1.807, 2.05) is 4.90 Å². The van der Waals surface area contributed by atoms with Crippen molar-refractivity contribution in [1.29, 1.82) is 0 Å². The van der Waals surface area contributed by atoms with E-state index in [0.717, 1.165) is 32.1 Å². The normalized spacial score (nSPS) is 22.3. The van der Waals surface area contributed by atoms with Crippen LogP contribution in [0.4, 0.5) is 0 Å². The molecule has 0 unspecified atom stereocenters. The summed E-state index contributed by atoms with van der Waals surface area (Å²) in [7, 11) is 0. The van der Waals surface area contributed by atoms with Crippen LogP contribution in [0.3, 0.4) is 0 Å². The zero-order valence-corrected chi connectivity index (χ0v) is 13.3. The Morgan fingerprint density at radius 2 is 1.60 bits per heavy atom. The maximum atomic E-state index is 12.1. The summed E-state index contributed by atoms with van der Waals surface area (Å²) < 4.78 is 0. The third kappa shape index (κ3) is 4.45. The second-order valence-electron chi connectivity index (χ2n) is 6.29. The molecule has 4 nitrogen and oxygen atoms in total. The number of hydrogen-bond acceptors (Lipinski definition) is 3. The van der Waals surface area contributed by atoms with Crippen molar-refractivity contribution in [3.63, 3.8) is 0 Å². The van der Waals surface area contributed by atoms with Gasteiger partial charge in [-0.15, -0.1) is 0 Å². The van der Waals surface area contributed by atoms with Gasteiger partial charge in [-0.1, -0.05) is 0 Å². The average Bonchev–Trinajstić information content (AvgIpc) is 2.95. The fourth-order valence-electron chi connectivity index (χ4n) is 3.53. The van der Waals surface area contributed by atoms with Crippen LogP contribution in [0.1, 0.15) is 39.5 Å². The summed E-state index contributed by atoms with van der Waals surface area (Å²) >= 11 is 0. The standard InChI is InChI=1S/C16H31N3O/c1-3-19(4-2)16(20)14-18-11-7-15(8-12-18)13-17-9-5-6-10-17/h15H,3-14H2,1-2H3. The molecule has 0 saturated carbocycles. The largest absolute Gasteiger partial charge is 0.342 e. The van der Waals surface area contributed by atoms with Gasteiger partial charge in [0.2, 0.25) is 5.91 Å². The zero-order valence-electron chi connectivity index (χ0n) is 13.3. The third-order valence-corrected chi connectivity index (χ3v) is 4.90. The lowest BCUT2D eigenvalue weighted by Crippen LogP contribution is -2.44. The van der Waals surface area contributed by atoms with Crippen LogP contribution in [0.2, 0.25) is 0 Å². The van der Waals surface area contributed by atoms with E-state index >= 15 is 0 Å². The average molecular weight is 281 g/mol. The first-order valence-electron chi connectivity index (χ1n) is 8.45. The lowest BCUT2D eigenvalue weighted by Gasteiger charge is -2.34. The van der Waals surface area contributed by atoms with Gasteiger partial charge in [0.15, 0.2) is 0 Å². The highest BCUT2D eigenvalue weighted by molar-refractivity contribution is 5.78. The fourth-order valence-corrected chi connectivity index (χ4v) is 3.53. The first kappa shape index (κ1) is 15.8. The molecule has 0 N–H and O–H groups in total. The predicted molar refractivity (Wildman–Crippen MR) is 82.8 cm³/mol. The highest BCUT2D eigenvalue weighted by Crippen LogP contribution is 2.20. The molecule has 0 aromatic carbocycles. The molecule has 2 rings (SSSR count). The SMILES string of the molecule is CCN(CC)C(=O)CN1CCC(CN2CCCC2)CC1. The van der Waals surface area contributed by atoms with Gasteiger partial charge < -0.3 is 9.80 Å². The van der Waals surface area contributed by atoms with Crippen molar-refractivity contribution in [1.82, 2.24) is 14.7 Å². The van der Waals surface area contributed by atoms with E-state index in [9.17, 15) is 4.79 Å². The molecule has 0 aliphatic carbocycles. The Labute approximate surface area is 124 Å². The molecule has 0 radical (unpaired) electrons. The van der Waals surface area contributed by atoms with E-state index in [-0.39, 0.29) is 0 Å². The van der Waals surface area contributed by atoms with E-state index in [1.54, 1.807) is 0 Å². The summed E-state index contributed by atoms with van der Waals surface area (Å²) in [5.74, 6) is 1.15. The number of carbonyl (C=O) groups is 1. The number of nitrogens with zero attached hydrogens (tertiary/aromatic N) is 3. The monoisotopic (exact) mass is 281 g/mol. The number of carbonyl (C=O) groups excluding carboxylic acids is 1. The van der Waals surface area contributed by atoms with Crippen LogP contribution in [-0.4, -0.2) is 73.0 Å². The smallest absolute Gasteiger partial charge is 0.236 e. The molecule has 1 amide bonds. The van der Waals surface area contributed by atoms with E-state index in [0.29, 0.717) is 12.5 Å². The maximum Gasteiger partial charge on any atom is 0.236 e. The summed E-state index contributed by atoms with van der Waals surface area (Å²) in [4.78, 5) is 19.0. The van der Waals surface area contributed by atoms with Crippen LogP contribution in [-0.2, 0) is 4.79 Å². The van der Waals surface area contributed by atoms with Crippen molar-refractivity contribution in [2.75, 3.05) is 52.4 Å². The molecule has 0 spiro atoms. The number of amides is 1. The molecular formula is C16H31N3O. The van der Waals surface area contributed by atoms with E-state index in [1.165, 1.54) is 45.3 Å². The Bertz CT molecular complexity index is 290. The molecule has 0 atom stereocenters. The third-order valence-electron chi connectivity index (χ3n) is 4.90. The van der Waals surface area contributed by atoms with Crippen molar-refractivity contribution >= 4 is 5.91 Å². The predicted octanol–water partition coefficient (Wildman–Crippen LogP) is 1.66. The lowest BCUT2D eigenvalue weighted by atomic mass is 9.96. The molecule has 2 aliphatic heterocycles. The van der Waals surface area contributed by atoms with Gasteiger partial charge in [-0.2, -0.15) is 0 Å². The van der Waals surface area contributed by atoms with Crippen molar-refractivity contribution in [3.05, 3.63) is 0 Å². The molecule has 2 heterocycles. The van der Waals surface area contributed by atoms with Crippen LogP contribution in [0.25, 0.3) is 0 Å². The molecule has 2 aliphatic rings. The molecule has 4 heteroatoms. The highest BCUT2D eigenvalue weighted by Gasteiger charge is 2.24. The Balaban J connectivity index is 1.67. The summed E-state index contributed by atoms with van der Waals surface area (Å²) in [5, 5.41) is 0. The minimum Gasteiger partial charge on any atom is -0.342 e. The van der Waals surface area contributed by atoms with Gasteiger partial charge in [0.25, 0.3) is 0 Å². The van der Waals surface area contributed by atoms with Gasteiger partial charge in [-0.25, -0.2) is 0 Å². The molecule has 2 fully saturated rings. The first-order chi connectivity index (χ1) is 9.72. The molecule has 0 bridgehead atoms. The molecule has 0 aromatic rings. The number of hydrogen-bond donors (Lipinski definition) is 0. The summed E-state index contributed by atoms with van der Waals surface area (Å²) in [6.45, 7) is 12.5. The fraction of sp³-hybridized carbons (Fsp3) is 0.938. The van der Waals surface area contributed by atoms with Gasteiger partial charge >= 0.3 is 0 Å². The Hall–Kier alpha value is -0.610. The molecule has 2 saturated heterocycles. The van der Waals surface area contributed by atoms with Crippen LogP contribution in [0.15, 0.2) is 0 Å². The van der Waals surface area contributed by atoms with Crippen molar-refractivity contribution in [3.8, 4) is 0 Å². The Morgan fingerprint density at radius 3 is 2.15 bits per heavy atom. The molecule has 20 heavy (non-hydrogen) atoms. The van der Waals surface area contributed by atoms with Gasteiger partial charge in [-0.3, -0.25) is 9.69 Å². The van der Waals surface area contributed by atoms with Crippen LogP contribution >= 0.6 is 0 Å². The number of likely N-dealkylation sites (N-methyl/N-ethyl adjacent to an activating group) is 1. The Kier molecular flexibility index (Phi) is 6.30. The van der Waals surface area contributed by atoms with E-state index in [4.69, 9.17) is 0 Å². The number of likely N-dealkylation sites (tertiary alicyclic amines) is 2. The highest BCUT2D eigenvalue weighted by atomic mass is 16.2. The van der Waals surface area contributed by atoms with Crippen molar-refractivity contribution < 1.29 is 4.79 Å². The van der Waals surface area contributed by atoms with E-state index in [2.05, 4.69) is 23.6 Å². The lowest BCUT2D eigenvalue weighted by molar-refractivity contribution is -0.132. The minimum absolute atomic E-state index is 0.299.